The first kappa shape index (κ1) is 19.2. The molecule has 0 saturated carbocycles. The molecule has 0 aliphatic carbocycles. The van der Waals surface area contributed by atoms with Crippen molar-refractivity contribution in [3.63, 3.8) is 0 Å². The maximum absolute atomic E-state index is 12.4. The zero-order valence-corrected chi connectivity index (χ0v) is 15.3. The van der Waals surface area contributed by atoms with Crippen LogP contribution in [0.4, 0.5) is 5.69 Å². The van der Waals surface area contributed by atoms with Crippen LogP contribution in [0.2, 0.25) is 0 Å². The van der Waals surface area contributed by atoms with Crippen molar-refractivity contribution in [2.75, 3.05) is 5.32 Å². The SMILES string of the molecule is Cc1cccc(C(=O)Nc2ccccc2C(=O)NNC(=O)C(C)(C)C)c1. The molecule has 0 aliphatic heterocycles. The second kappa shape index (κ2) is 7.82. The Morgan fingerprint density at radius 1 is 0.846 bits per heavy atom. The number of carbonyl (C=O) groups is 3. The van der Waals surface area contributed by atoms with Gasteiger partial charge >= 0.3 is 0 Å². The van der Waals surface area contributed by atoms with E-state index in [2.05, 4.69) is 16.2 Å². The van der Waals surface area contributed by atoms with Crippen LogP contribution in [0, 0.1) is 12.3 Å². The topological polar surface area (TPSA) is 87.3 Å². The van der Waals surface area contributed by atoms with Crippen molar-refractivity contribution >= 4 is 23.4 Å². The first-order chi connectivity index (χ1) is 12.2. The summed E-state index contributed by atoms with van der Waals surface area (Å²) >= 11 is 0. The largest absolute Gasteiger partial charge is 0.321 e. The lowest BCUT2D eigenvalue weighted by Crippen LogP contribution is -2.46. The van der Waals surface area contributed by atoms with E-state index in [1.54, 1.807) is 63.2 Å². The Kier molecular flexibility index (Phi) is 5.77. The summed E-state index contributed by atoms with van der Waals surface area (Å²) < 4.78 is 0. The van der Waals surface area contributed by atoms with Gasteiger partial charge in [-0.25, -0.2) is 0 Å². The second-order valence-corrected chi connectivity index (χ2v) is 7.03. The van der Waals surface area contributed by atoms with Gasteiger partial charge in [-0.2, -0.15) is 0 Å². The molecular formula is C20H23N3O3. The highest BCUT2D eigenvalue weighted by Gasteiger charge is 2.22. The Bertz CT molecular complexity index is 838. The molecule has 0 unspecified atom stereocenters. The molecule has 2 aromatic carbocycles. The molecule has 136 valence electrons. The van der Waals surface area contributed by atoms with Crippen LogP contribution in [-0.4, -0.2) is 17.7 Å². The van der Waals surface area contributed by atoms with Gasteiger partial charge in [0.1, 0.15) is 0 Å². The number of hydrogen-bond acceptors (Lipinski definition) is 3. The molecule has 0 bridgehead atoms. The molecule has 2 aromatic rings. The van der Waals surface area contributed by atoms with Crippen molar-refractivity contribution in [2.24, 2.45) is 5.41 Å². The van der Waals surface area contributed by atoms with Crippen LogP contribution in [0.25, 0.3) is 0 Å². The summed E-state index contributed by atoms with van der Waals surface area (Å²) in [6, 6.07) is 13.8. The van der Waals surface area contributed by atoms with E-state index in [0.29, 0.717) is 11.3 Å². The van der Waals surface area contributed by atoms with Crippen molar-refractivity contribution in [3.05, 3.63) is 65.2 Å². The number of carbonyl (C=O) groups excluding carboxylic acids is 3. The van der Waals surface area contributed by atoms with Gasteiger partial charge in [0, 0.05) is 11.0 Å². The molecule has 0 saturated heterocycles. The van der Waals surface area contributed by atoms with Crippen molar-refractivity contribution < 1.29 is 14.4 Å². The van der Waals surface area contributed by atoms with Crippen LogP contribution in [0.5, 0.6) is 0 Å². The predicted octanol–water partition coefficient (Wildman–Crippen LogP) is 3.05. The predicted molar refractivity (Wildman–Crippen MR) is 101 cm³/mol. The third-order valence-electron chi connectivity index (χ3n) is 3.67. The van der Waals surface area contributed by atoms with Crippen molar-refractivity contribution in [1.29, 1.82) is 0 Å². The lowest BCUT2D eigenvalue weighted by molar-refractivity contribution is -0.129. The van der Waals surface area contributed by atoms with Gasteiger partial charge in [0.25, 0.3) is 11.8 Å². The van der Waals surface area contributed by atoms with Crippen LogP contribution in [0.15, 0.2) is 48.5 Å². The van der Waals surface area contributed by atoms with Crippen LogP contribution >= 0.6 is 0 Å². The number of hydrogen-bond donors (Lipinski definition) is 3. The molecule has 2 rings (SSSR count). The minimum atomic E-state index is -0.633. The molecule has 0 radical (unpaired) electrons. The molecule has 6 heteroatoms. The molecule has 6 nitrogen and oxygen atoms in total. The Morgan fingerprint density at radius 2 is 1.54 bits per heavy atom. The highest BCUT2D eigenvalue weighted by Crippen LogP contribution is 2.17. The van der Waals surface area contributed by atoms with Crippen LogP contribution < -0.4 is 16.2 Å². The number of hydrazine groups is 1. The van der Waals surface area contributed by atoms with E-state index in [1.165, 1.54) is 0 Å². The normalized spacial score (nSPS) is 10.8. The molecule has 0 aliphatic rings. The Morgan fingerprint density at radius 3 is 2.19 bits per heavy atom. The molecule has 3 N–H and O–H groups in total. The van der Waals surface area contributed by atoms with Crippen molar-refractivity contribution in [1.82, 2.24) is 10.9 Å². The van der Waals surface area contributed by atoms with E-state index < -0.39 is 11.3 Å². The van der Waals surface area contributed by atoms with E-state index in [4.69, 9.17) is 0 Å². The molecule has 0 atom stereocenters. The van der Waals surface area contributed by atoms with Gasteiger partial charge in [-0.15, -0.1) is 0 Å². The highest BCUT2D eigenvalue weighted by atomic mass is 16.2. The lowest BCUT2D eigenvalue weighted by atomic mass is 9.96. The first-order valence-corrected chi connectivity index (χ1v) is 8.26. The molecule has 0 fully saturated rings. The Balaban J connectivity index is 2.13. The Hall–Kier alpha value is -3.15. The average molecular weight is 353 g/mol. The minimum Gasteiger partial charge on any atom is -0.321 e. The molecule has 0 heterocycles. The van der Waals surface area contributed by atoms with Crippen molar-refractivity contribution in [2.45, 2.75) is 27.7 Å². The molecule has 26 heavy (non-hydrogen) atoms. The van der Waals surface area contributed by atoms with Gasteiger partial charge in [0.2, 0.25) is 5.91 Å². The highest BCUT2D eigenvalue weighted by molar-refractivity contribution is 6.09. The van der Waals surface area contributed by atoms with E-state index in [1.807, 2.05) is 13.0 Å². The zero-order chi connectivity index (χ0) is 19.3. The third-order valence-corrected chi connectivity index (χ3v) is 3.67. The number of rotatable bonds is 3. The van der Waals surface area contributed by atoms with Gasteiger partial charge in [-0.1, -0.05) is 50.6 Å². The molecule has 0 aromatic heterocycles. The number of benzene rings is 2. The number of nitrogens with one attached hydrogen (secondary N) is 3. The number of amides is 3. The fourth-order valence-electron chi connectivity index (χ4n) is 2.14. The van der Waals surface area contributed by atoms with Crippen LogP contribution in [-0.2, 0) is 4.79 Å². The van der Waals surface area contributed by atoms with Gasteiger partial charge in [0.15, 0.2) is 0 Å². The molecule has 0 spiro atoms. The summed E-state index contributed by atoms with van der Waals surface area (Å²) in [6.07, 6.45) is 0. The minimum absolute atomic E-state index is 0.253. The van der Waals surface area contributed by atoms with Crippen molar-refractivity contribution in [3.8, 4) is 0 Å². The van der Waals surface area contributed by atoms with Crippen LogP contribution in [0.1, 0.15) is 47.1 Å². The summed E-state index contributed by atoms with van der Waals surface area (Å²) in [7, 11) is 0. The average Bonchev–Trinajstić information content (AvgIpc) is 2.59. The maximum atomic E-state index is 12.4. The number of para-hydroxylation sites is 1. The summed E-state index contributed by atoms with van der Waals surface area (Å²) in [5, 5.41) is 2.74. The van der Waals surface area contributed by atoms with Gasteiger partial charge in [-0.05, 0) is 31.2 Å². The zero-order valence-electron chi connectivity index (χ0n) is 15.3. The maximum Gasteiger partial charge on any atom is 0.271 e. The number of aryl methyl sites for hydroxylation is 1. The third kappa shape index (κ3) is 4.92. The summed E-state index contributed by atoms with van der Waals surface area (Å²) in [5.74, 6) is -1.14. The monoisotopic (exact) mass is 353 g/mol. The standard InChI is InChI=1S/C20H23N3O3/c1-13-8-7-9-14(12-13)17(24)21-16-11-6-5-10-15(16)18(25)22-23-19(26)20(2,3)4/h5-12H,1-4H3,(H,21,24)(H,22,25)(H,23,26). The fraction of sp³-hybridized carbons (Fsp3) is 0.250. The first-order valence-electron chi connectivity index (χ1n) is 8.26. The summed E-state index contributed by atoms with van der Waals surface area (Å²) in [6.45, 7) is 7.12. The quantitative estimate of drug-likeness (QED) is 0.741. The molecular weight excluding hydrogens is 330 g/mol. The lowest BCUT2D eigenvalue weighted by Gasteiger charge is -2.18. The second-order valence-electron chi connectivity index (χ2n) is 7.03. The van der Waals surface area contributed by atoms with E-state index >= 15 is 0 Å². The van der Waals surface area contributed by atoms with Gasteiger partial charge in [0.05, 0.1) is 11.3 Å². The molecule has 3 amide bonds. The Labute approximate surface area is 153 Å². The van der Waals surface area contributed by atoms with E-state index in [0.717, 1.165) is 5.56 Å². The fourth-order valence-corrected chi connectivity index (χ4v) is 2.14. The van der Waals surface area contributed by atoms with Gasteiger partial charge < -0.3 is 5.32 Å². The summed E-state index contributed by atoms with van der Waals surface area (Å²) in [5.41, 5.74) is 6.22. The van der Waals surface area contributed by atoms with E-state index in [-0.39, 0.29) is 17.4 Å². The van der Waals surface area contributed by atoms with E-state index in [9.17, 15) is 14.4 Å². The van der Waals surface area contributed by atoms with Gasteiger partial charge in [-0.3, -0.25) is 25.2 Å². The smallest absolute Gasteiger partial charge is 0.271 e. The summed E-state index contributed by atoms with van der Waals surface area (Å²) in [4.78, 5) is 36.7. The van der Waals surface area contributed by atoms with Crippen LogP contribution in [0.3, 0.4) is 0 Å². The number of anilines is 1.